The number of nitrogens with one attached hydrogen (secondary N) is 1. The summed E-state index contributed by atoms with van der Waals surface area (Å²) in [6, 6.07) is 0. The average Bonchev–Trinajstić information content (AvgIpc) is 2.49. The number of carbonyl (C=O) groups excluding carboxylic acids is 2. The van der Waals surface area contributed by atoms with Gasteiger partial charge in [-0.2, -0.15) is 0 Å². The Morgan fingerprint density at radius 2 is 1.59 bits per heavy atom. The van der Waals surface area contributed by atoms with E-state index in [1.165, 1.54) is 0 Å². The van der Waals surface area contributed by atoms with Gasteiger partial charge < -0.3 is 10.2 Å². The van der Waals surface area contributed by atoms with Crippen molar-refractivity contribution in [1.29, 1.82) is 0 Å². The van der Waals surface area contributed by atoms with Crippen molar-refractivity contribution >= 4 is 11.7 Å². The molecule has 0 radical (unpaired) electrons. The van der Waals surface area contributed by atoms with Crippen LogP contribution in [0.15, 0.2) is 0 Å². The quantitative estimate of drug-likeness (QED) is 0.786. The Morgan fingerprint density at radius 1 is 1.05 bits per heavy atom. The van der Waals surface area contributed by atoms with Gasteiger partial charge in [0, 0.05) is 30.3 Å². The minimum atomic E-state index is -0.359. The van der Waals surface area contributed by atoms with Crippen molar-refractivity contribution in [2.75, 3.05) is 26.2 Å². The van der Waals surface area contributed by atoms with Gasteiger partial charge in [0.25, 0.3) is 0 Å². The fraction of sp³-hybridized carbons (Fsp3) is 0.889. The lowest BCUT2D eigenvalue weighted by molar-refractivity contribution is -0.139. The van der Waals surface area contributed by atoms with Gasteiger partial charge in [0.05, 0.1) is 0 Å². The van der Waals surface area contributed by atoms with E-state index in [2.05, 4.69) is 24.1 Å². The van der Waals surface area contributed by atoms with Crippen LogP contribution in [0.5, 0.6) is 0 Å². The number of Topliss-reactive ketones (excluding diaryl/α,β-unsaturated/α-hetero) is 1. The van der Waals surface area contributed by atoms with Crippen LogP contribution >= 0.6 is 0 Å². The average molecular weight is 310 g/mol. The molecule has 22 heavy (non-hydrogen) atoms. The highest BCUT2D eigenvalue weighted by atomic mass is 16.2. The summed E-state index contributed by atoms with van der Waals surface area (Å²) < 4.78 is 0. The molecule has 0 spiro atoms. The largest absolute Gasteiger partial charge is 0.355 e. The standard InChI is InChI=1S/C18H34N2O2/c1-6-20(7-2)13-12-19-17(22)15-11-9-8-10-14(15)16(21)18(3,4)5/h14-15H,6-13H2,1-5H3,(H,19,22)/t14-,15+/m1/s1. The Kier molecular flexibility index (Phi) is 7.54. The van der Waals surface area contributed by atoms with E-state index >= 15 is 0 Å². The van der Waals surface area contributed by atoms with Crippen molar-refractivity contribution in [1.82, 2.24) is 10.2 Å². The van der Waals surface area contributed by atoms with E-state index in [-0.39, 0.29) is 28.9 Å². The molecule has 128 valence electrons. The molecule has 4 heteroatoms. The molecule has 0 saturated heterocycles. The van der Waals surface area contributed by atoms with Crippen molar-refractivity contribution in [3.8, 4) is 0 Å². The monoisotopic (exact) mass is 310 g/mol. The van der Waals surface area contributed by atoms with Gasteiger partial charge >= 0.3 is 0 Å². The first-order valence-corrected chi connectivity index (χ1v) is 8.85. The Hall–Kier alpha value is -0.900. The third kappa shape index (κ3) is 5.38. The van der Waals surface area contributed by atoms with Gasteiger partial charge in [0.2, 0.25) is 5.91 Å². The number of likely N-dealkylation sites (N-methyl/N-ethyl adjacent to an activating group) is 1. The van der Waals surface area contributed by atoms with Crippen LogP contribution in [0.3, 0.4) is 0 Å². The zero-order chi connectivity index (χ0) is 16.8. The summed E-state index contributed by atoms with van der Waals surface area (Å²) in [4.78, 5) is 27.4. The first-order valence-electron chi connectivity index (χ1n) is 8.85. The van der Waals surface area contributed by atoms with Crippen LogP contribution in [0.4, 0.5) is 0 Å². The number of nitrogens with zero attached hydrogens (tertiary/aromatic N) is 1. The molecule has 1 aliphatic rings. The summed E-state index contributed by atoms with van der Waals surface area (Å²) in [6.45, 7) is 13.7. The van der Waals surface area contributed by atoms with Crippen LogP contribution in [0.1, 0.15) is 60.3 Å². The molecule has 1 amide bonds. The Morgan fingerprint density at radius 3 is 2.09 bits per heavy atom. The van der Waals surface area contributed by atoms with Gasteiger partial charge in [-0.25, -0.2) is 0 Å². The van der Waals surface area contributed by atoms with Crippen molar-refractivity contribution in [3.63, 3.8) is 0 Å². The maximum atomic E-state index is 12.6. The Labute approximate surface area is 136 Å². The highest BCUT2D eigenvalue weighted by Gasteiger charge is 2.39. The molecule has 0 aromatic heterocycles. The van der Waals surface area contributed by atoms with E-state index in [9.17, 15) is 9.59 Å². The Bertz CT molecular complexity index is 370. The minimum absolute atomic E-state index is 0.0782. The zero-order valence-electron chi connectivity index (χ0n) is 15.1. The number of hydrogen-bond acceptors (Lipinski definition) is 3. The maximum absolute atomic E-state index is 12.6. The van der Waals surface area contributed by atoms with E-state index in [0.717, 1.165) is 45.3 Å². The lowest BCUT2D eigenvalue weighted by Gasteiger charge is -2.33. The fourth-order valence-corrected chi connectivity index (χ4v) is 3.32. The van der Waals surface area contributed by atoms with E-state index in [1.54, 1.807) is 0 Å². The summed E-state index contributed by atoms with van der Waals surface area (Å²) >= 11 is 0. The zero-order valence-corrected chi connectivity index (χ0v) is 15.1. The molecule has 4 nitrogen and oxygen atoms in total. The molecular formula is C18H34N2O2. The summed E-state index contributed by atoms with van der Waals surface area (Å²) in [5, 5.41) is 3.05. The smallest absolute Gasteiger partial charge is 0.223 e. The first kappa shape index (κ1) is 19.1. The second-order valence-electron chi connectivity index (χ2n) is 7.43. The highest BCUT2D eigenvalue weighted by molar-refractivity contribution is 5.91. The van der Waals surface area contributed by atoms with Crippen LogP contribution in [0, 0.1) is 17.3 Å². The van der Waals surface area contributed by atoms with Crippen LogP contribution in [0.2, 0.25) is 0 Å². The summed E-state index contributed by atoms with van der Waals surface area (Å²) in [5.74, 6) is 0.102. The van der Waals surface area contributed by atoms with E-state index in [1.807, 2.05) is 20.8 Å². The third-order valence-corrected chi connectivity index (χ3v) is 4.80. The fourth-order valence-electron chi connectivity index (χ4n) is 3.32. The van der Waals surface area contributed by atoms with Crippen LogP contribution < -0.4 is 5.32 Å². The maximum Gasteiger partial charge on any atom is 0.223 e. The molecule has 1 saturated carbocycles. The molecule has 0 aromatic rings. The number of rotatable bonds is 7. The summed E-state index contributed by atoms with van der Waals surface area (Å²) in [6.07, 6.45) is 3.84. The molecule has 1 fully saturated rings. The molecule has 0 bridgehead atoms. The van der Waals surface area contributed by atoms with Gasteiger partial charge in [0.15, 0.2) is 0 Å². The SMILES string of the molecule is CCN(CC)CCNC(=O)[C@H]1CCCC[C@H]1C(=O)C(C)(C)C. The molecule has 1 aliphatic carbocycles. The lowest BCUT2D eigenvalue weighted by atomic mass is 9.70. The second-order valence-corrected chi connectivity index (χ2v) is 7.43. The molecule has 2 atom stereocenters. The first-order chi connectivity index (χ1) is 10.3. The molecule has 1 rings (SSSR count). The van der Waals surface area contributed by atoms with Gasteiger partial charge in [-0.15, -0.1) is 0 Å². The van der Waals surface area contributed by atoms with Crippen molar-refractivity contribution < 1.29 is 9.59 Å². The van der Waals surface area contributed by atoms with Crippen molar-refractivity contribution in [3.05, 3.63) is 0 Å². The molecular weight excluding hydrogens is 276 g/mol. The third-order valence-electron chi connectivity index (χ3n) is 4.80. The van der Waals surface area contributed by atoms with E-state index < -0.39 is 0 Å². The van der Waals surface area contributed by atoms with Gasteiger partial charge in [0.1, 0.15) is 5.78 Å². The van der Waals surface area contributed by atoms with E-state index in [0.29, 0.717) is 6.54 Å². The van der Waals surface area contributed by atoms with Crippen LogP contribution in [-0.4, -0.2) is 42.8 Å². The predicted molar refractivity (Wildman–Crippen MR) is 90.7 cm³/mol. The summed E-state index contributed by atoms with van der Waals surface area (Å²) in [7, 11) is 0. The molecule has 0 aromatic carbocycles. The Balaban J connectivity index is 2.59. The van der Waals surface area contributed by atoms with Gasteiger partial charge in [-0.1, -0.05) is 47.5 Å². The highest BCUT2D eigenvalue weighted by Crippen LogP contribution is 2.35. The molecule has 0 aliphatic heterocycles. The lowest BCUT2D eigenvalue weighted by Crippen LogP contribution is -2.44. The molecule has 0 unspecified atom stereocenters. The van der Waals surface area contributed by atoms with Crippen LogP contribution in [0.25, 0.3) is 0 Å². The van der Waals surface area contributed by atoms with Gasteiger partial charge in [-0.05, 0) is 25.9 Å². The van der Waals surface area contributed by atoms with Gasteiger partial charge in [-0.3, -0.25) is 9.59 Å². The molecule has 0 heterocycles. The number of hydrogen-bond donors (Lipinski definition) is 1. The number of carbonyl (C=O) groups is 2. The normalized spacial score (nSPS) is 22.6. The summed E-state index contributed by atoms with van der Waals surface area (Å²) in [5.41, 5.74) is -0.359. The second kappa shape index (κ2) is 8.66. The van der Waals surface area contributed by atoms with Crippen LogP contribution in [-0.2, 0) is 9.59 Å². The number of amides is 1. The topological polar surface area (TPSA) is 49.4 Å². The van der Waals surface area contributed by atoms with Crippen molar-refractivity contribution in [2.45, 2.75) is 60.3 Å². The van der Waals surface area contributed by atoms with Crippen molar-refractivity contribution in [2.24, 2.45) is 17.3 Å². The van der Waals surface area contributed by atoms with E-state index in [4.69, 9.17) is 0 Å². The molecule has 1 N–H and O–H groups in total. The number of ketones is 1. The minimum Gasteiger partial charge on any atom is -0.355 e. The predicted octanol–water partition coefficient (Wildman–Crippen LogP) is 2.87.